The van der Waals surface area contributed by atoms with Crippen LogP contribution in [0, 0.1) is 6.92 Å². The molecule has 0 amide bonds. The molecule has 0 spiro atoms. The first kappa shape index (κ1) is 51.6. The van der Waals surface area contributed by atoms with Gasteiger partial charge in [0.25, 0.3) is 6.71 Å². The van der Waals surface area contributed by atoms with Gasteiger partial charge in [-0.1, -0.05) is 224 Å². The van der Waals surface area contributed by atoms with E-state index >= 15 is 0 Å². The molecule has 89 heavy (non-hydrogen) atoms. The minimum Gasteiger partial charge on any atom is -0.311 e. The van der Waals surface area contributed by atoms with Gasteiger partial charge in [-0.3, -0.25) is 0 Å². The Labute approximate surface area is 516 Å². The van der Waals surface area contributed by atoms with Gasteiger partial charge in [-0.05, 0) is 114 Å². The lowest BCUT2D eigenvalue weighted by atomic mass is 9.33. The summed E-state index contributed by atoms with van der Waals surface area (Å²) in [7, 11) is 0. The topological polar surface area (TPSA) is 75.9 Å². The highest BCUT2D eigenvalue weighted by atomic mass is 15.2. The molecule has 2 aliphatic rings. The molecule has 0 fully saturated rings. The second kappa shape index (κ2) is 21.3. The molecule has 416 valence electrons. The first-order chi connectivity index (χ1) is 44.1. The van der Waals surface area contributed by atoms with Gasteiger partial charge in [-0.2, -0.15) is 0 Å². The Morgan fingerprint density at radius 3 is 1.39 bits per heavy atom. The van der Waals surface area contributed by atoms with Gasteiger partial charge >= 0.3 is 0 Å². The Balaban J connectivity index is 0.870. The number of fused-ring (bicyclic) bond motifs is 7. The summed E-state index contributed by atoms with van der Waals surface area (Å²) in [5.41, 5.74) is 24.1. The Morgan fingerprint density at radius 2 is 0.764 bits per heavy atom. The van der Waals surface area contributed by atoms with E-state index < -0.39 is 0 Å². The van der Waals surface area contributed by atoms with Crippen molar-refractivity contribution in [3.05, 3.63) is 309 Å². The van der Waals surface area contributed by atoms with Crippen LogP contribution in [-0.4, -0.2) is 36.2 Å². The van der Waals surface area contributed by atoms with Crippen LogP contribution in [0.25, 0.3) is 107 Å². The van der Waals surface area contributed by atoms with Gasteiger partial charge in [-0.15, -0.1) is 0 Å². The van der Waals surface area contributed by atoms with E-state index in [1.54, 1.807) is 0 Å². The van der Waals surface area contributed by atoms with Crippen molar-refractivity contribution in [3.8, 4) is 84.9 Å². The molecule has 17 rings (SSSR count). The second-order valence-electron chi connectivity index (χ2n) is 22.8. The number of hydrogen-bond donors (Lipinski definition) is 0. The van der Waals surface area contributed by atoms with Gasteiger partial charge in [0, 0.05) is 78.2 Å². The Hall–Kier alpha value is -11.8. The number of para-hydroxylation sites is 5. The van der Waals surface area contributed by atoms with Crippen molar-refractivity contribution in [2.24, 2.45) is 0 Å². The number of hydrogen-bond acceptors (Lipinski definition) is 7. The maximum Gasteiger partial charge on any atom is 0.252 e. The van der Waals surface area contributed by atoms with Gasteiger partial charge in [0.15, 0.2) is 23.3 Å². The zero-order chi connectivity index (χ0) is 58.9. The zero-order valence-corrected chi connectivity index (χ0v) is 48.5. The Morgan fingerprint density at radius 1 is 0.292 bits per heavy atom. The standard InChI is InChI=1S/C80H53BN8/c1-52-39-46-70-63(49-52)62-33-17-20-36-69(62)89(70)71-47-44-58(79-85-77(56-25-9-3-10-26-56)84-78(86-79)57-27-11-4-12-28-57)50-64(71)80-82-67(54-23-7-2-8-24-54)51-68(83-80)55-42-40-53(41-43-55)61-45-48-74-75-76(61)88(60-31-15-6-16-32-60)73-38-22-19-35-66(73)81(75)65-34-18-21-37-72(65)87(74)59-29-13-5-14-30-59/h2-51H,1H3. The number of nitrogens with zero attached hydrogens (tertiary/aromatic N) is 8. The highest BCUT2D eigenvalue weighted by Gasteiger charge is 2.44. The maximum absolute atomic E-state index is 5.67. The number of anilines is 6. The summed E-state index contributed by atoms with van der Waals surface area (Å²) in [5.74, 6) is 2.27. The lowest BCUT2D eigenvalue weighted by Gasteiger charge is -2.45. The minimum absolute atomic E-state index is 0.0145. The van der Waals surface area contributed by atoms with E-state index in [2.05, 4.69) is 258 Å². The third kappa shape index (κ3) is 8.81. The predicted octanol–water partition coefficient (Wildman–Crippen LogP) is 17.8. The van der Waals surface area contributed by atoms with E-state index in [-0.39, 0.29) is 6.71 Å². The van der Waals surface area contributed by atoms with E-state index in [1.165, 1.54) is 38.7 Å². The van der Waals surface area contributed by atoms with Crippen LogP contribution in [0.2, 0.25) is 0 Å². The third-order valence-corrected chi connectivity index (χ3v) is 17.5. The molecular formula is C80H53BN8. The molecule has 0 saturated heterocycles. The number of benzene rings is 12. The molecule has 0 N–H and O–H groups in total. The molecule has 0 radical (unpaired) electrons. The minimum atomic E-state index is -0.0145. The summed E-state index contributed by atoms with van der Waals surface area (Å²) in [4.78, 5) is 31.7. The summed E-state index contributed by atoms with van der Waals surface area (Å²) >= 11 is 0. The first-order valence-corrected chi connectivity index (χ1v) is 30.2. The zero-order valence-electron chi connectivity index (χ0n) is 48.5. The Bertz CT molecular complexity index is 5140. The van der Waals surface area contributed by atoms with E-state index in [9.17, 15) is 0 Å². The van der Waals surface area contributed by atoms with E-state index in [0.29, 0.717) is 23.3 Å². The molecule has 0 bridgehead atoms. The number of rotatable bonds is 10. The van der Waals surface area contributed by atoms with Gasteiger partial charge < -0.3 is 14.4 Å². The molecule has 0 aliphatic carbocycles. The van der Waals surface area contributed by atoms with Crippen LogP contribution in [0.15, 0.2) is 303 Å². The van der Waals surface area contributed by atoms with E-state index in [1.807, 2.05) is 66.7 Å². The van der Waals surface area contributed by atoms with Crippen molar-refractivity contribution in [3.63, 3.8) is 0 Å². The maximum atomic E-state index is 5.67. The van der Waals surface area contributed by atoms with Crippen molar-refractivity contribution in [2.75, 3.05) is 9.80 Å². The second-order valence-corrected chi connectivity index (χ2v) is 22.8. The van der Waals surface area contributed by atoms with Crippen molar-refractivity contribution in [1.29, 1.82) is 0 Å². The quantitative estimate of drug-likeness (QED) is 0.126. The van der Waals surface area contributed by atoms with Crippen LogP contribution in [0.4, 0.5) is 34.1 Å². The molecule has 0 atom stereocenters. The van der Waals surface area contributed by atoms with Crippen molar-refractivity contribution in [2.45, 2.75) is 6.92 Å². The summed E-state index contributed by atoms with van der Waals surface area (Å²) in [5, 5.41) is 2.34. The average Bonchev–Trinajstić information content (AvgIpc) is 1.22. The third-order valence-electron chi connectivity index (χ3n) is 17.5. The molecule has 8 nitrogen and oxygen atoms in total. The fourth-order valence-corrected chi connectivity index (χ4v) is 13.5. The highest BCUT2D eigenvalue weighted by Crippen LogP contribution is 2.48. The molecular weight excluding hydrogens is 1080 g/mol. The molecule has 0 unspecified atom stereocenters. The molecule has 0 saturated carbocycles. The average molecular weight is 1140 g/mol. The first-order valence-electron chi connectivity index (χ1n) is 30.2. The molecule has 5 heterocycles. The Kier molecular flexibility index (Phi) is 12.4. The van der Waals surface area contributed by atoms with Crippen LogP contribution < -0.4 is 26.2 Å². The van der Waals surface area contributed by atoms with Gasteiger partial charge in [0.2, 0.25) is 0 Å². The molecule has 15 aromatic rings. The summed E-state index contributed by atoms with van der Waals surface area (Å²) in [6, 6.07) is 108. The summed E-state index contributed by atoms with van der Waals surface area (Å²) < 4.78 is 2.36. The van der Waals surface area contributed by atoms with E-state index in [4.69, 9.17) is 24.9 Å². The molecule has 3 aromatic heterocycles. The summed E-state index contributed by atoms with van der Waals surface area (Å²) in [6.07, 6.45) is 0. The van der Waals surface area contributed by atoms with Crippen LogP contribution >= 0.6 is 0 Å². The van der Waals surface area contributed by atoms with Gasteiger partial charge in [0.1, 0.15) is 0 Å². The molecule has 9 heteroatoms. The number of aryl methyl sites for hydroxylation is 1. The number of aromatic nitrogens is 6. The summed E-state index contributed by atoms with van der Waals surface area (Å²) in [6.45, 7) is 2.14. The largest absolute Gasteiger partial charge is 0.311 e. The SMILES string of the molecule is Cc1ccc2c(c1)c1ccccc1n2-c1ccc(-c2nc(-c3ccccc3)nc(-c3ccccc3)n2)cc1-c1nc(-c2ccccc2)cc(-c2ccc(-c3ccc4c5c3N(c3ccccc3)c3ccccc3B5c3ccccc3N4c3ccccc3)cc2)n1. The predicted molar refractivity (Wildman–Crippen MR) is 367 cm³/mol. The van der Waals surface area contributed by atoms with Crippen molar-refractivity contribution < 1.29 is 0 Å². The molecule has 2 aliphatic heterocycles. The van der Waals surface area contributed by atoms with Crippen molar-refractivity contribution in [1.82, 2.24) is 29.5 Å². The smallest absolute Gasteiger partial charge is 0.252 e. The lowest BCUT2D eigenvalue weighted by Crippen LogP contribution is -2.61. The van der Waals surface area contributed by atoms with Crippen molar-refractivity contribution >= 4 is 79.0 Å². The monoisotopic (exact) mass is 1140 g/mol. The van der Waals surface area contributed by atoms with Crippen LogP contribution in [-0.2, 0) is 0 Å². The fourth-order valence-electron chi connectivity index (χ4n) is 13.5. The molecule has 12 aromatic carbocycles. The van der Waals surface area contributed by atoms with Crippen LogP contribution in [0.1, 0.15) is 5.56 Å². The fraction of sp³-hybridized carbons (Fsp3) is 0.0125. The highest BCUT2D eigenvalue weighted by molar-refractivity contribution is 7.00. The van der Waals surface area contributed by atoms with Gasteiger partial charge in [0.05, 0.1) is 33.8 Å². The normalized spacial score (nSPS) is 12.3. The van der Waals surface area contributed by atoms with E-state index in [0.717, 1.165) is 101 Å². The van der Waals surface area contributed by atoms with Crippen LogP contribution in [0.3, 0.4) is 0 Å². The van der Waals surface area contributed by atoms with Crippen LogP contribution in [0.5, 0.6) is 0 Å². The lowest BCUT2D eigenvalue weighted by molar-refractivity contribution is 1.07. The van der Waals surface area contributed by atoms with Gasteiger partial charge in [-0.25, -0.2) is 24.9 Å².